The van der Waals surface area contributed by atoms with Crippen molar-refractivity contribution in [1.29, 1.82) is 0 Å². The van der Waals surface area contributed by atoms with Crippen molar-refractivity contribution in [3.63, 3.8) is 0 Å². The van der Waals surface area contributed by atoms with Gasteiger partial charge in [0.2, 0.25) is 5.91 Å². The van der Waals surface area contributed by atoms with Crippen LogP contribution in [-0.4, -0.2) is 37.6 Å². The molecule has 1 aromatic heterocycles. The molecule has 0 bridgehead atoms. The molecule has 0 aliphatic rings. The van der Waals surface area contributed by atoms with E-state index < -0.39 is 0 Å². The number of carbonyl (C=O) groups is 1. The highest BCUT2D eigenvalue weighted by atomic mass is 35.5. The summed E-state index contributed by atoms with van der Waals surface area (Å²) >= 11 is 12.3. The monoisotopic (exact) mass is 318 g/mol. The first-order chi connectivity index (χ1) is 9.53. The van der Waals surface area contributed by atoms with Gasteiger partial charge in [0.15, 0.2) is 0 Å². The Morgan fingerprint density at radius 1 is 1.35 bits per heavy atom. The minimum atomic E-state index is -0.0947. The van der Waals surface area contributed by atoms with Gasteiger partial charge in [0, 0.05) is 20.1 Å². The van der Waals surface area contributed by atoms with Crippen LogP contribution in [0.3, 0.4) is 0 Å². The molecule has 0 aliphatic carbocycles. The van der Waals surface area contributed by atoms with E-state index in [0.717, 1.165) is 13.0 Å². The first-order valence-corrected chi connectivity index (χ1v) is 7.34. The lowest BCUT2D eigenvalue weighted by Crippen LogP contribution is -2.36. The predicted octanol–water partition coefficient (Wildman–Crippen LogP) is 2.78. The molecule has 20 heavy (non-hydrogen) atoms. The summed E-state index contributed by atoms with van der Waals surface area (Å²) in [6.07, 6.45) is 0.964. The molecular weight excluding hydrogens is 299 g/mol. The topological polar surface area (TPSA) is 57.3 Å². The Morgan fingerprint density at radius 3 is 2.60 bits per heavy atom. The van der Waals surface area contributed by atoms with Crippen LogP contribution in [0.25, 0.3) is 0 Å². The largest absolute Gasteiger partial charge is 0.369 e. The average molecular weight is 319 g/mol. The Morgan fingerprint density at radius 2 is 2.05 bits per heavy atom. The third-order valence-corrected chi connectivity index (χ3v) is 3.31. The molecular formula is C13H20Cl2N4O. The van der Waals surface area contributed by atoms with Gasteiger partial charge in [-0.05, 0) is 19.4 Å². The second-order valence-electron chi connectivity index (χ2n) is 4.24. The second-order valence-corrected chi connectivity index (χ2v) is 5.05. The van der Waals surface area contributed by atoms with Gasteiger partial charge in [-0.3, -0.25) is 4.79 Å². The molecule has 112 valence electrons. The predicted molar refractivity (Wildman–Crippen MR) is 85.0 cm³/mol. The van der Waals surface area contributed by atoms with Crippen molar-refractivity contribution in [1.82, 2.24) is 10.3 Å². The number of pyridine rings is 1. The van der Waals surface area contributed by atoms with Crippen molar-refractivity contribution in [2.45, 2.75) is 20.3 Å². The van der Waals surface area contributed by atoms with Crippen molar-refractivity contribution < 1.29 is 4.79 Å². The van der Waals surface area contributed by atoms with Crippen LogP contribution in [0.2, 0.25) is 10.0 Å². The van der Waals surface area contributed by atoms with E-state index in [-0.39, 0.29) is 12.5 Å². The van der Waals surface area contributed by atoms with E-state index in [1.807, 2.05) is 6.92 Å². The van der Waals surface area contributed by atoms with E-state index in [1.165, 1.54) is 0 Å². The molecule has 0 atom stereocenters. The summed E-state index contributed by atoms with van der Waals surface area (Å²) in [6.45, 7) is 5.59. The molecule has 5 nitrogen and oxygen atoms in total. The van der Waals surface area contributed by atoms with E-state index in [4.69, 9.17) is 23.2 Å². The molecule has 0 spiro atoms. The maximum atomic E-state index is 11.5. The molecule has 1 amide bonds. The summed E-state index contributed by atoms with van der Waals surface area (Å²) in [7, 11) is 1.60. The Bertz CT molecular complexity index is 468. The molecule has 0 saturated heterocycles. The van der Waals surface area contributed by atoms with Gasteiger partial charge in [0.1, 0.15) is 11.6 Å². The lowest BCUT2D eigenvalue weighted by atomic mass is 10.3. The lowest BCUT2D eigenvalue weighted by Gasteiger charge is -2.23. The van der Waals surface area contributed by atoms with Crippen LogP contribution in [0.4, 0.5) is 11.6 Å². The highest BCUT2D eigenvalue weighted by Gasteiger charge is 2.16. The third kappa shape index (κ3) is 4.42. The highest BCUT2D eigenvalue weighted by Crippen LogP contribution is 2.31. The minimum Gasteiger partial charge on any atom is -0.369 e. The first kappa shape index (κ1) is 16.9. The second kappa shape index (κ2) is 8.17. The highest BCUT2D eigenvalue weighted by molar-refractivity contribution is 6.37. The zero-order chi connectivity index (χ0) is 15.1. The Hall–Kier alpha value is -1.20. The number of aromatic nitrogens is 1. The summed E-state index contributed by atoms with van der Waals surface area (Å²) in [5.74, 6) is 1.05. The zero-order valence-corrected chi connectivity index (χ0v) is 13.5. The van der Waals surface area contributed by atoms with Crippen LogP contribution >= 0.6 is 23.2 Å². The Kier molecular flexibility index (Phi) is 6.88. The van der Waals surface area contributed by atoms with Crippen LogP contribution in [0.15, 0.2) is 6.07 Å². The maximum absolute atomic E-state index is 11.5. The molecule has 0 unspecified atom stereocenters. The number of rotatable bonds is 7. The SMILES string of the molecule is CCCNc1nc(N(CC)CC(=O)NC)c(Cl)cc1Cl. The number of hydrogen-bond donors (Lipinski definition) is 2. The van der Waals surface area contributed by atoms with Gasteiger partial charge in [-0.25, -0.2) is 4.98 Å². The first-order valence-electron chi connectivity index (χ1n) is 6.58. The Labute approximate surface area is 129 Å². The number of carbonyl (C=O) groups excluding carboxylic acids is 1. The standard InChI is InChI=1S/C13H20Cl2N4O/c1-4-6-17-12-9(14)7-10(15)13(18-12)19(5-2)8-11(20)16-3/h7H,4-6,8H2,1-3H3,(H,16,20)(H,17,18). The molecule has 0 saturated carbocycles. The van der Waals surface area contributed by atoms with E-state index in [2.05, 4.69) is 22.5 Å². The van der Waals surface area contributed by atoms with Crippen LogP contribution in [0, 0.1) is 0 Å². The fraction of sp³-hybridized carbons (Fsp3) is 0.538. The normalized spacial score (nSPS) is 10.2. The number of hydrogen-bond acceptors (Lipinski definition) is 4. The minimum absolute atomic E-state index is 0.0947. The van der Waals surface area contributed by atoms with Crippen molar-refractivity contribution >= 4 is 40.7 Å². The smallest absolute Gasteiger partial charge is 0.239 e. The molecule has 1 aromatic rings. The number of halogens is 2. The number of likely N-dealkylation sites (N-methyl/N-ethyl adjacent to an activating group) is 2. The van der Waals surface area contributed by atoms with E-state index in [0.29, 0.717) is 28.2 Å². The van der Waals surface area contributed by atoms with E-state index in [9.17, 15) is 4.79 Å². The van der Waals surface area contributed by atoms with Gasteiger partial charge in [0.25, 0.3) is 0 Å². The number of nitrogens with one attached hydrogen (secondary N) is 2. The van der Waals surface area contributed by atoms with Crippen molar-refractivity contribution in [3.05, 3.63) is 16.1 Å². The summed E-state index contributed by atoms with van der Waals surface area (Å²) in [5, 5.41) is 6.64. The summed E-state index contributed by atoms with van der Waals surface area (Å²) in [5.41, 5.74) is 0. The van der Waals surface area contributed by atoms with Gasteiger partial charge in [0.05, 0.1) is 16.6 Å². The van der Waals surface area contributed by atoms with Crippen molar-refractivity contribution in [2.75, 3.05) is 36.9 Å². The average Bonchev–Trinajstić information content (AvgIpc) is 2.44. The van der Waals surface area contributed by atoms with Gasteiger partial charge in [-0.1, -0.05) is 30.1 Å². The fourth-order valence-electron chi connectivity index (χ4n) is 1.63. The number of nitrogens with zero attached hydrogens (tertiary/aromatic N) is 2. The molecule has 1 heterocycles. The number of amides is 1. The molecule has 0 aliphatic heterocycles. The number of anilines is 2. The molecule has 0 radical (unpaired) electrons. The molecule has 0 fully saturated rings. The van der Waals surface area contributed by atoms with Crippen LogP contribution < -0.4 is 15.5 Å². The van der Waals surface area contributed by atoms with Crippen LogP contribution in [0.1, 0.15) is 20.3 Å². The molecule has 0 aromatic carbocycles. The molecule has 7 heteroatoms. The van der Waals surface area contributed by atoms with E-state index in [1.54, 1.807) is 18.0 Å². The van der Waals surface area contributed by atoms with Crippen molar-refractivity contribution in [3.8, 4) is 0 Å². The summed E-state index contributed by atoms with van der Waals surface area (Å²) in [4.78, 5) is 17.8. The molecule has 2 N–H and O–H groups in total. The third-order valence-electron chi connectivity index (χ3n) is 2.75. The van der Waals surface area contributed by atoms with Gasteiger partial charge < -0.3 is 15.5 Å². The lowest BCUT2D eigenvalue weighted by molar-refractivity contribution is -0.119. The summed E-state index contributed by atoms with van der Waals surface area (Å²) < 4.78 is 0. The van der Waals surface area contributed by atoms with Gasteiger partial charge in [-0.2, -0.15) is 0 Å². The van der Waals surface area contributed by atoms with Crippen molar-refractivity contribution in [2.24, 2.45) is 0 Å². The van der Waals surface area contributed by atoms with Gasteiger partial charge >= 0.3 is 0 Å². The van der Waals surface area contributed by atoms with Crippen LogP contribution in [0.5, 0.6) is 0 Å². The maximum Gasteiger partial charge on any atom is 0.239 e. The molecule has 1 rings (SSSR count). The Balaban J connectivity index is 3.04. The van der Waals surface area contributed by atoms with Gasteiger partial charge in [-0.15, -0.1) is 0 Å². The quantitative estimate of drug-likeness (QED) is 0.811. The van der Waals surface area contributed by atoms with Crippen LogP contribution in [-0.2, 0) is 4.79 Å². The summed E-state index contributed by atoms with van der Waals surface area (Å²) in [6, 6.07) is 1.65. The van der Waals surface area contributed by atoms with E-state index >= 15 is 0 Å². The fourth-order valence-corrected chi connectivity index (χ4v) is 2.18. The zero-order valence-electron chi connectivity index (χ0n) is 12.0.